The van der Waals surface area contributed by atoms with Gasteiger partial charge in [0.2, 0.25) is 0 Å². The quantitative estimate of drug-likeness (QED) is 0.681. The van der Waals surface area contributed by atoms with Crippen molar-refractivity contribution >= 4 is 21.6 Å². The Hall–Kier alpha value is -0.980. The van der Waals surface area contributed by atoms with Gasteiger partial charge in [-0.05, 0) is 32.4 Å². The monoisotopic (exact) mass is 328 g/mol. The molecule has 0 saturated carbocycles. The summed E-state index contributed by atoms with van der Waals surface area (Å²) in [7, 11) is 0. The Kier molecular flexibility index (Phi) is 4.23. The van der Waals surface area contributed by atoms with Crippen molar-refractivity contribution in [3.8, 4) is 0 Å². The van der Waals surface area contributed by atoms with Crippen molar-refractivity contribution in [2.24, 2.45) is 0 Å². The minimum Gasteiger partial charge on any atom is -0.377 e. The third-order valence-corrected chi connectivity index (χ3v) is 4.31. The van der Waals surface area contributed by atoms with Gasteiger partial charge in [0.15, 0.2) is 0 Å². The third kappa shape index (κ3) is 3.13. The molecule has 104 valence electrons. The SMILES string of the molecule is CC1OCCC1(C)NCc1ccc(Br)cc1[N+](=O)[O-]. The molecule has 0 bridgehead atoms. The molecule has 0 aliphatic carbocycles. The third-order valence-electron chi connectivity index (χ3n) is 3.81. The molecule has 1 heterocycles. The fraction of sp³-hybridized carbons (Fsp3) is 0.538. The molecule has 1 fully saturated rings. The minimum atomic E-state index is -0.349. The zero-order valence-electron chi connectivity index (χ0n) is 11.0. The first-order valence-corrected chi connectivity index (χ1v) is 7.01. The van der Waals surface area contributed by atoms with Crippen LogP contribution in [0.1, 0.15) is 25.8 Å². The number of hydrogen-bond donors (Lipinski definition) is 1. The van der Waals surface area contributed by atoms with E-state index in [1.54, 1.807) is 6.07 Å². The summed E-state index contributed by atoms with van der Waals surface area (Å²) in [6.07, 6.45) is 1.03. The molecule has 1 aromatic rings. The van der Waals surface area contributed by atoms with Gasteiger partial charge in [-0.3, -0.25) is 10.1 Å². The summed E-state index contributed by atoms with van der Waals surface area (Å²) in [4.78, 5) is 10.7. The molecule has 5 nitrogen and oxygen atoms in total. The molecule has 1 aromatic carbocycles. The van der Waals surface area contributed by atoms with Gasteiger partial charge >= 0.3 is 0 Å². The number of nitrogens with one attached hydrogen (secondary N) is 1. The van der Waals surface area contributed by atoms with Gasteiger partial charge in [0.25, 0.3) is 5.69 Å². The number of hydrogen-bond acceptors (Lipinski definition) is 4. The number of benzene rings is 1. The molecular weight excluding hydrogens is 312 g/mol. The van der Waals surface area contributed by atoms with Crippen LogP contribution in [0.4, 0.5) is 5.69 Å². The molecule has 1 N–H and O–H groups in total. The van der Waals surface area contributed by atoms with E-state index in [9.17, 15) is 10.1 Å². The summed E-state index contributed by atoms with van der Waals surface area (Å²) in [5.74, 6) is 0. The Balaban J connectivity index is 2.13. The van der Waals surface area contributed by atoms with E-state index in [0.29, 0.717) is 16.6 Å². The Morgan fingerprint density at radius 1 is 1.63 bits per heavy atom. The lowest BCUT2D eigenvalue weighted by molar-refractivity contribution is -0.385. The van der Waals surface area contributed by atoms with E-state index >= 15 is 0 Å². The van der Waals surface area contributed by atoms with Crippen LogP contribution in [0.2, 0.25) is 0 Å². The summed E-state index contributed by atoms with van der Waals surface area (Å²) < 4.78 is 6.26. The van der Waals surface area contributed by atoms with Gasteiger partial charge in [0.05, 0.1) is 11.0 Å². The van der Waals surface area contributed by atoms with Crippen LogP contribution in [-0.4, -0.2) is 23.2 Å². The van der Waals surface area contributed by atoms with Gasteiger partial charge in [0.1, 0.15) is 0 Å². The standard InChI is InChI=1S/C13H17BrN2O3/c1-9-13(2,5-6-19-9)15-8-10-3-4-11(14)7-12(10)16(17)18/h3-4,7,9,15H,5-6,8H2,1-2H3. The highest BCUT2D eigenvalue weighted by molar-refractivity contribution is 9.10. The smallest absolute Gasteiger partial charge is 0.275 e. The molecule has 2 atom stereocenters. The number of nitrogens with zero attached hydrogens (tertiary/aromatic N) is 1. The molecule has 19 heavy (non-hydrogen) atoms. The second kappa shape index (κ2) is 5.56. The first-order chi connectivity index (χ1) is 8.92. The van der Waals surface area contributed by atoms with Crippen LogP contribution in [0.25, 0.3) is 0 Å². The Morgan fingerprint density at radius 2 is 2.37 bits per heavy atom. The van der Waals surface area contributed by atoms with Gasteiger partial charge in [-0.2, -0.15) is 0 Å². The van der Waals surface area contributed by atoms with Crippen LogP contribution in [0.5, 0.6) is 0 Å². The first kappa shape index (κ1) is 14.4. The van der Waals surface area contributed by atoms with E-state index in [1.807, 2.05) is 13.0 Å². The van der Waals surface area contributed by atoms with E-state index < -0.39 is 0 Å². The molecule has 0 radical (unpaired) electrons. The average Bonchev–Trinajstić information content (AvgIpc) is 2.68. The largest absolute Gasteiger partial charge is 0.377 e. The van der Waals surface area contributed by atoms with E-state index in [1.165, 1.54) is 6.07 Å². The lowest BCUT2D eigenvalue weighted by atomic mass is 9.94. The zero-order valence-corrected chi connectivity index (χ0v) is 12.6. The highest BCUT2D eigenvalue weighted by Gasteiger charge is 2.36. The number of nitro benzene ring substituents is 1. The molecule has 1 saturated heterocycles. The van der Waals surface area contributed by atoms with Crippen molar-refractivity contribution in [1.29, 1.82) is 0 Å². The fourth-order valence-corrected chi connectivity index (χ4v) is 2.57. The summed E-state index contributed by atoms with van der Waals surface area (Å²) >= 11 is 3.26. The van der Waals surface area contributed by atoms with Crippen LogP contribution < -0.4 is 5.32 Å². The van der Waals surface area contributed by atoms with E-state index in [0.717, 1.165) is 13.0 Å². The van der Waals surface area contributed by atoms with Crippen LogP contribution in [0.3, 0.4) is 0 Å². The van der Waals surface area contributed by atoms with Crippen molar-refractivity contribution in [1.82, 2.24) is 5.32 Å². The highest BCUT2D eigenvalue weighted by atomic mass is 79.9. The topological polar surface area (TPSA) is 64.4 Å². The summed E-state index contributed by atoms with van der Waals surface area (Å²) in [5.41, 5.74) is 0.701. The summed E-state index contributed by atoms with van der Waals surface area (Å²) in [6, 6.07) is 5.13. The predicted molar refractivity (Wildman–Crippen MR) is 76.1 cm³/mol. The number of halogens is 1. The highest BCUT2D eigenvalue weighted by Crippen LogP contribution is 2.28. The maximum Gasteiger partial charge on any atom is 0.275 e. The van der Waals surface area contributed by atoms with Crippen molar-refractivity contribution < 1.29 is 9.66 Å². The van der Waals surface area contributed by atoms with Crippen molar-refractivity contribution in [3.05, 3.63) is 38.3 Å². The predicted octanol–water partition coefficient (Wildman–Crippen LogP) is 3.01. The second-order valence-corrected chi connectivity index (χ2v) is 5.98. The van der Waals surface area contributed by atoms with Gasteiger partial charge in [-0.25, -0.2) is 0 Å². The van der Waals surface area contributed by atoms with Crippen LogP contribution in [0, 0.1) is 10.1 Å². The van der Waals surface area contributed by atoms with Crippen LogP contribution in [0.15, 0.2) is 22.7 Å². The molecule has 1 aliphatic rings. The van der Waals surface area contributed by atoms with E-state index in [2.05, 4.69) is 28.2 Å². The first-order valence-electron chi connectivity index (χ1n) is 6.22. The van der Waals surface area contributed by atoms with Crippen LogP contribution in [-0.2, 0) is 11.3 Å². The molecule has 0 amide bonds. The molecule has 2 rings (SSSR count). The lowest BCUT2D eigenvalue weighted by Crippen LogP contribution is -2.47. The number of nitro groups is 1. The maximum absolute atomic E-state index is 11.0. The molecule has 0 spiro atoms. The Bertz CT molecular complexity index is 495. The lowest BCUT2D eigenvalue weighted by Gasteiger charge is -2.29. The molecule has 2 unspecified atom stereocenters. The molecule has 6 heteroatoms. The van der Waals surface area contributed by atoms with Gasteiger partial charge < -0.3 is 10.1 Å². The minimum absolute atomic E-state index is 0.113. The van der Waals surface area contributed by atoms with Crippen molar-refractivity contribution in [2.45, 2.75) is 38.5 Å². The fourth-order valence-electron chi connectivity index (χ4n) is 2.22. The number of rotatable bonds is 4. The second-order valence-electron chi connectivity index (χ2n) is 5.06. The van der Waals surface area contributed by atoms with Gasteiger partial charge in [-0.15, -0.1) is 0 Å². The van der Waals surface area contributed by atoms with Gasteiger partial charge in [-0.1, -0.05) is 15.9 Å². The maximum atomic E-state index is 11.0. The zero-order chi connectivity index (χ0) is 14.0. The normalized spacial score (nSPS) is 26.6. The van der Waals surface area contributed by atoms with Crippen LogP contribution >= 0.6 is 15.9 Å². The van der Waals surface area contributed by atoms with Crippen molar-refractivity contribution in [2.75, 3.05) is 6.61 Å². The van der Waals surface area contributed by atoms with E-state index in [4.69, 9.17) is 4.74 Å². The summed E-state index contributed by atoms with van der Waals surface area (Å²) in [5, 5.41) is 14.4. The van der Waals surface area contributed by atoms with Crippen molar-refractivity contribution in [3.63, 3.8) is 0 Å². The number of ether oxygens (including phenoxy) is 1. The molecule has 1 aliphatic heterocycles. The Labute approximate surface area is 120 Å². The molecule has 0 aromatic heterocycles. The van der Waals surface area contributed by atoms with Gasteiger partial charge in [0, 0.05) is 34.8 Å². The average molecular weight is 329 g/mol. The Morgan fingerprint density at radius 3 is 2.95 bits per heavy atom. The summed E-state index contributed by atoms with van der Waals surface area (Å²) in [6.45, 7) is 5.31. The molecular formula is C13H17BrN2O3. The van der Waals surface area contributed by atoms with E-state index in [-0.39, 0.29) is 22.3 Å².